The maximum Gasteiger partial charge on any atom is 0.304 e. The van der Waals surface area contributed by atoms with Crippen molar-refractivity contribution in [2.45, 2.75) is 26.0 Å². The van der Waals surface area contributed by atoms with Crippen LogP contribution in [0.2, 0.25) is 0 Å². The molecule has 1 aliphatic rings. The van der Waals surface area contributed by atoms with Gasteiger partial charge in [0, 0.05) is 25.2 Å². The number of hydrogen-bond acceptors (Lipinski definition) is 3. The SMILES string of the molecule is CC1CN(CCC(=O)O)Cc2ccccc2O1. The molecule has 1 atom stereocenters. The normalized spacial score (nSPS) is 20.2. The zero-order valence-corrected chi connectivity index (χ0v) is 9.93. The monoisotopic (exact) mass is 235 g/mol. The van der Waals surface area contributed by atoms with Crippen LogP contribution in [-0.4, -0.2) is 35.2 Å². The number of hydrogen-bond donors (Lipinski definition) is 1. The average Bonchev–Trinajstić information content (AvgIpc) is 2.43. The molecule has 1 heterocycles. The fourth-order valence-corrected chi connectivity index (χ4v) is 2.10. The topological polar surface area (TPSA) is 49.8 Å². The van der Waals surface area contributed by atoms with E-state index in [1.165, 1.54) is 0 Å². The van der Waals surface area contributed by atoms with Crippen molar-refractivity contribution in [1.29, 1.82) is 0 Å². The summed E-state index contributed by atoms with van der Waals surface area (Å²) in [5, 5.41) is 8.72. The van der Waals surface area contributed by atoms with Crippen LogP contribution in [0.5, 0.6) is 5.75 Å². The molecule has 0 saturated heterocycles. The lowest BCUT2D eigenvalue weighted by Crippen LogP contribution is -2.32. The standard InChI is InChI=1S/C13H17NO3/c1-10-8-14(7-6-13(15)16)9-11-4-2-3-5-12(11)17-10/h2-5,10H,6-9H2,1H3,(H,15,16). The van der Waals surface area contributed by atoms with Crippen molar-refractivity contribution in [3.05, 3.63) is 29.8 Å². The van der Waals surface area contributed by atoms with Crippen molar-refractivity contribution in [3.8, 4) is 5.75 Å². The number of rotatable bonds is 3. The van der Waals surface area contributed by atoms with Crippen LogP contribution in [0.15, 0.2) is 24.3 Å². The number of benzene rings is 1. The molecule has 0 amide bonds. The third kappa shape index (κ3) is 3.20. The molecular weight excluding hydrogens is 218 g/mol. The predicted molar refractivity (Wildman–Crippen MR) is 64.1 cm³/mol. The van der Waals surface area contributed by atoms with Gasteiger partial charge < -0.3 is 9.84 Å². The summed E-state index contributed by atoms with van der Waals surface area (Å²) in [7, 11) is 0. The smallest absolute Gasteiger partial charge is 0.304 e. The van der Waals surface area contributed by atoms with Gasteiger partial charge in [-0.25, -0.2) is 0 Å². The van der Waals surface area contributed by atoms with E-state index in [9.17, 15) is 4.79 Å². The summed E-state index contributed by atoms with van der Waals surface area (Å²) in [6.45, 7) is 4.10. The molecular formula is C13H17NO3. The zero-order chi connectivity index (χ0) is 12.3. The van der Waals surface area contributed by atoms with Crippen LogP contribution in [0.4, 0.5) is 0 Å². The molecule has 1 aromatic rings. The van der Waals surface area contributed by atoms with Crippen LogP contribution in [0.25, 0.3) is 0 Å². The Morgan fingerprint density at radius 3 is 3.06 bits per heavy atom. The molecule has 0 aromatic heterocycles. The summed E-state index contributed by atoms with van der Waals surface area (Å²) >= 11 is 0. The maximum absolute atomic E-state index is 10.6. The Morgan fingerprint density at radius 2 is 2.29 bits per heavy atom. The van der Waals surface area contributed by atoms with Crippen LogP contribution in [0.3, 0.4) is 0 Å². The van der Waals surface area contributed by atoms with Crippen LogP contribution in [-0.2, 0) is 11.3 Å². The number of carboxylic acid groups (broad SMARTS) is 1. The lowest BCUT2D eigenvalue weighted by Gasteiger charge is -2.20. The second kappa shape index (κ2) is 5.19. The number of nitrogens with zero attached hydrogens (tertiary/aromatic N) is 1. The molecule has 0 saturated carbocycles. The number of carbonyl (C=O) groups is 1. The summed E-state index contributed by atoms with van der Waals surface area (Å²) in [4.78, 5) is 12.7. The first kappa shape index (κ1) is 11.9. The van der Waals surface area contributed by atoms with E-state index in [1.54, 1.807) is 0 Å². The van der Waals surface area contributed by atoms with E-state index in [4.69, 9.17) is 9.84 Å². The number of ether oxygens (including phenoxy) is 1. The quantitative estimate of drug-likeness (QED) is 0.867. The Bertz CT molecular complexity index is 405. The summed E-state index contributed by atoms with van der Waals surface area (Å²) in [5.74, 6) is 0.161. The second-order valence-corrected chi connectivity index (χ2v) is 4.42. The second-order valence-electron chi connectivity index (χ2n) is 4.42. The predicted octanol–water partition coefficient (Wildman–Crippen LogP) is 1.74. The average molecular weight is 235 g/mol. The van der Waals surface area contributed by atoms with E-state index in [0.29, 0.717) is 6.54 Å². The lowest BCUT2D eigenvalue weighted by molar-refractivity contribution is -0.137. The van der Waals surface area contributed by atoms with E-state index in [1.807, 2.05) is 31.2 Å². The molecule has 0 spiro atoms. The summed E-state index contributed by atoms with van der Waals surface area (Å²) in [6, 6.07) is 7.93. The van der Waals surface area contributed by atoms with E-state index < -0.39 is 5.97 Å². The van der Waals surface area contributed by atoms with Crippen molar-refractivity contribution < 1.29 is 14.6 Å². The Kier molecular flexibility index (Phi) is 3.64. The van der Waals surface area contributed by atoms with Crippen molar-refractivity contribution in [1.82, 2.24) is 4.90 Å². The van der Waals surface area contributed by atoms with Gasteiger partial charge in [-0.15, -0.1) is 0 Å². The highest BCUT2D eigenvalue weighted by Crippen LogP contribution is 2.24. The van der Waals surface area contributed by atoms with Crippen LogP contribution >= 0.6 is 0 Å². The van der Waals surface area contributed by atoms with Crippen LogP contribution < -0.4 is 4.74 Å². The van der Waals surface area contributed by atoms with Gasteiger partial charge in [0.25, 0.3) is 0 Å². The molecule has 1 aromatic carbocycles. The Morgan fingerprint density at radius 1 is 1.53 bits per heavy atom. The summed E-state index contributed by atoms with van der Waals surface area (Å²) in [5.41, 5.74) is 1.13. The van der Waals surface area contributed by atoms with E-state index in [2.05, 4.69) is 4.90 Å². The summed E-state index contributed by atoms with van der Waals surface area (Å²) in [6.07, 6.45) is 0.266. The zero-order valence-electron chi connectivity index (χ0n) is 9.93. The number of aliphatic carboxylic acids is 1. The molecule has 0 aliphatic carbocycles. The van der Waals surface area contributed by atoms with Gasteiger partial charge in [-0.3, -0.25) is 9.69 Å². The van der Waals surface area contributed by atoms with Gasteiger partial charge in [0.2, 0.25) is 0 Å². The van der Waals surface area contributed by atoms with Crippen molar-refractivity contribution in [3.63, 3.8) is 0 Å². The van der Waals surface area contributed by atoms with Crippen LogP contribution in [0, 0.1) is 0 Å². The molecule has 4 nitrogen and oxygen atoms in total. The van der Waals surface area contributed by atoms with E-state index >= 15 is 0 Å². The Labute approximate surface area is 101 Å². The van der Waals surface area contributed by atoms with Crippen molar-refractivity contribution in [2.75, 3.05) is 13.1 Å². The minimum atomic E-state index is -0.754. The highest BCUT2D eigenvalue weighted by atomic mass is 16.5. The fraction of sp³-hybridized carbons (Fsp3) is 0.462. The van der Waals surface area contributed by atoms with Gasteiger partial charge in [-0.1, -0.05) is 18.2 Å². The first-order valence-corrected chi connectivity index (χ1v) is 5.84. The highest BCUT2D eigenvalue weighted by molar-refractivity contribution is 5.66. The number of para-hydroxylation sites is 1. The van der Waals surface area contributed by atoms with Gasteiger partial charge in [0.05, 0.1) is 6.42 Å². The molecule has 17 heavy (non-hydrogen) atoms. The molecule has 4 heteroatoms. The minimum absolute atomic E-state index is 0.0902. The van der Waals surface area contributed by atoms with E-state index in [-0.39, 0.29) is 12.5 Å². The molecule has 0 bridgehead atoms. The first-order valence-electron chi connectivity index (χ1n) is 5.84. The lowest BCUT2D eigenvalue weighted by atomic mass is 10.2. The molecule has 2 rings (SSSR count). The molecule has 1 aliphatic heterocycles. The molecule has 0 fully saturated rings. The fourth-order valence-electron chi connectivity index (χ4n) is 2.10. The first-order chi connectivity index (χ1) is 8.15. The largest absolute Gasteiger partial charge is 0.489 e. The third-order valence-corrected chi connectivity index (χ3v) is 2.85. The molecule has 1 unspecified atom stereocenters. The van der Waals surface area contributed by atoms with Crippen molar-refractivity contribution >= 4 is 5.97 Å². The number of fused-ring (bicyclic) bond motifs is 1. The Hall–Kier alpha value is -1.55. The molecule has 92 valence electrons. The van der Waals surface area contributed by atoms with Gasteiger partial charge >= 0.3 is 5.97 Å². The number of carboxylic acids is 1. The molecule has 1 N–H and O–H groups in total. The van der Waals surface area contributed by atoms with Crippen molar-refractivity contribution in [2.24, 2.45) is 0 Å². The third-order valence-electron chi connectivity index (χ3n) is 2.85. The minimum Gasteiger partial charge on any atom is -0.489 e. The molecule has 0 radical (unpaired) electrons. The highest BCUT2D eigenvalue weighted by Gasteiger charge is 2.19. The van der Waals surface area contributed by atoms with Gasteiger partial charge in [0.15, 0.2) is 0 Å². The summed E-state index contributed by atoms with van der Waals surface area (Å²) < 4.78 is 5.80. The maximum atomic E-state index is 10.6. The van der Waals surface area contributed by atoms with E-state index in [0.717, 1.165) is 24.4 Å². The van der Waals surface area contributed by atoms with Gasteiger partial charge in [-0.05, 0) is 13.0 Å². The van der Waals surface area contributed by atoms with Gasteiger partial charge in [-0.2, -0.15) is 0 Å². The Balaban J connectivity index is 2.09. The van der Waals surface area contributed by atoms with Crippen LogP contribution in [0.1, 0.15) is 18.9 Å². The van der Waals surface area contributed by atoms with Gasteiger partial charge in [0.1, 0.15) is 11.9 Å².